The first-order valence-electron chi connectivity index (χ1n) is 8.12. The zero-order chi connectivity index (χ0) is 18.9. The molecule has 8 heteroatoms. The monoisotopic (exact) mass is 383 g/mol. The number of nitrogens with one attached hydrogen (secondary N) is 2. The number of aryl methyl sites for hydroxylation is 1. The maximum Gasteiger partial charge on any atom is 0.387 e. The maximum absolute atomic E-state index is 12.5. The SMILES string of the molecule is CN=C(NCCc1ccc(OC)c(OC(F)F)c1)NCc1sccc1C. The van der Waals surface area contributed by atoms with Gasteiger partial charge in [-0.3, -0.25) is 4.99 Å². The van der Waals surface area contributed by atoms with E-state index in [9.17, 15) is 8.78 Å². The highest BCUT2D eigenvalue weighted by atomic mass is 32.1. The molecule has 2 N–H and O–H groups in total. The Hall–Kier alpha value is -2.35. The van der Waals surface area contributed by atoms with Crippen molar-refractivity contribution >= 4 is 17.3 Å². The fourth-order valence-corrected chi connectivity index (χ4v) is 3.21. The van der Waals surface area contributed by atoms with E-state index < -0.39 is 6.61 Å². The molecule has 0 saturated heterocycles. The topological polar surface area (TPSA) is 54.9 Å². The first-order chi connectivity index (χ1) is 12.5. The first-order valence-corrected chi connectivity index (χ1v) is 9.00. The van der Waals surface area contributed by atoms with Crippen LogP contribution in [0.5, 0.6) is 11.5 Å². The van der Waals surface area contributed by atoms with Gasteiger partial charge in [0.15, 0.2) is 17.5 Å². The summed E-state index contributed by atoms with van der Waals surface area (Å²) in [4.78, 5) is 5.45. The molecule has 0 unspecified atom stereocenters. The normalized spacial score (nSPS) is 11.5. The summed E-state index contributed by atoms with van der Waals surface area (Å²) in [5.41, 5.74) is 2.11. The Balaban J connectivity index is 1.86. The Kier molecular flexibility index (Phi) is 7.65. The van der Waals surface area contributed by atoms with E-state index in [4.69, 9.17) is 4.74 Å². The molecule has 0 radical (unpaired) electrons. The van der Waals surface area contributed by atoms with E-state index in [1.54, 1.807) is 30.5 Å². The zero-order valence-corrected chi connectivity index (χ0v) is 15.8. The molecule has 0 aliphatic heterocycles. The number of nitrogens with zero attached hydrogens (tertiary/aromatic N) is 1. The van der Waals surface area contributed by atoms with E-state index in [1.165, 1.54) is 17.6 Å². The van der Waals surface area contributed by atoms with Gasteiger partial charge in [0.1, 0.15) is 0 Å². The molecule has 0 bridgehead atoms. The Morgan fingerprint density at radius 1 is 1.23 bits per heavy atom. The van der Waals surface area contributed by atoms with Crippen molar-refractivity contribution in [3.05, 3.63) is 45.6 Å². The van der Waals surface area contributed by atoms with Crippen molar-refractivity contribution in [3.8, 4) is 11.5 Å². The van der Waals surface area contributed by atoms with E-state index >= 15 is 0 Å². The summed E-state index contributed by atoms with van der Waals surface area (Å²) in [5, 5.41) is 8.53. The van der Waals surface area contributed by atoms with Crippen molar-refractivity contribution in [1.82, 2.24) is 10.6 Å². The third-order valence-corrected chi connectivity index (χ3v) is 4.78. The summed E-state index contributed by atoms with van der Waals surface area (Å²) in [6.45, 7) is 0.495. The van der Waals surface area contributed by atoms with Gasteiger partial charge in [-0.15, -0.1) is 11.3 Å². The Morgan fingerprint density at radius 2 is 2.04 bits per heavy atom. The Bertz CT molecular complexity index is 735. The van der Waals surface area contributed by atoms with Crippen molar-refractivity contribution in [2.75, 3.05) is 20.7 Å². The smallest absolute Gasteiger partial charge is 0.387 e. The van der Waals surface area contributed by atoms with Gasteiger partial charge in [0.2, 0.25) is 0 Å². The molecule has 0 atom stereocenters. The number of rotatable bonds is 8. The summed E-state index contributed by atoms with van der Waals surface area (Å²) in [7, 11) is 3.12. The predicted molar refractivity (Wildman–Crippen MR) is 101 cm³/mol. The average Bonchev–Trinajstić information content (AvgIpc) is 3.02. The van der Waals surface area contributed by atoms with Crippen LogP contribution in [0.1, 0.15) is 16.0 Å². The van der Waals surface area contributed by atoms with Crippen molar-refractivity contribution < 1.29 is 18.3 Å². The lowest BCUT2D eigenvalue weighted by Gasteiger charge is -2.13. The summed E-state index contributed by atoms with van der Waals surface area (Å²) in [6.07, 6.45) is 0.627. The Labute approximate surface area is 156 Å². The molecule has 1 aromatic carbocycles. The number of ether oxygens (including phenoxy) is 2. The number of methoxy groups -OCH3 is 1. The number of benzene rings is 1. The molecular weight excluding hydrogens is 360 g/mol. The van der Waals surface area contributed by atoms with Crippen molar-refractivity contribution in [1.29, 1.82) is 0 Å². The van der Waals surface area contributed by atoms with E-state index in [2.05, 4.69) is 38.7 Å². The molecule has 0 aliphatic carbocycles. The molecule has 0 saturated carbocycles. The highest BCUT2D eigenvalue weighted by Gasteiger charge is 2.11. The number of halogens is 2. The standard InChI is InChI=1S/C18H23F2N3O2S/c1-12-7-9-26-16(12)11-23-18(21-2)22-8-6-13-4-5-14(24-3)15(10-13)25-17(19)20/h4-5,7,9-10,17H,6,8,11H2,1-3H3,(H2,21,22,23). The summed E-state index contributed by atoms with van der Waals surface area (Å²) >= 11 is 1.70. The largest absolute Gasteiger partial charge is 0.493 e. The van der Waals surface area contributed by atoms with Crippen LogP contribution in [-0.2, 0) is 13.0 Å². The molecule has 1 heterocycles. The van der Waals surface area contributed by atoms with Crippen LogP contribution in [-0.4, -0.2) is 33.3 Å². The lowest BCUT2D eigenvalue weighted by Crippen LogP contribution is -2.37. The van der Waals surface area contributed by atoms with Crippen molar-refractivity contribution in [2.45, 2.75) is 26.5 Å². The van der Waals surface area contributed by atoms with Gasteiger partial charge < -0.3 is 20.1 Å². The second-order valence-corrected chi connectivity index (χ2v) is 6.49. The van der Waals surface area contributed by atoms with Crippen LogP contribution in [0.3, 0.4) is 0 Å². The zero-order valence-electron chi connectivity index (χ0n) is 15.0. The van der Waals surface area contributed by atoms with Gasteiger partial charge in [-0.25, -0.2) is 0 Å². The molecule has 2 rings (SSSR count). The number of hydrogen-bond donors (Lipinski definition) is 2. The number of guanidine groups is 1. The molecule has 0 amide bonds. The maximum atomic E-state index is 12.5. The minimum Gasteiger partial charge on any atom is -0.493 e. The molecule has 0 spiro atoms. The van der Waals surface area contributed by atoms with Crippen LogP contribution in [0.4, 0.5) is 8.78 Å². The van der Waals surface area contributed by atoms with E-state index in [1.807, 2.05) is 6.07 Å². The number of hydrogen-bond acceptors (Lipinski definition) is 4. The number of alkyl halides is 2. The van der Waals surface area contributed by atoms with Gasteiger partial charge in [-0.2, -0.15) is 8.78 Å². The van der Waals surface area contributed by atoms with Gasteiger partial charge in [0, 0.05) is 18.5 Å². The van der Waals surface area contributed by atoms with Crippen LogP contribution in [0.2, 0.25) is 0 Å². The van der Waals surface area contributed by atoms with Crippen molar-refractivity contribution in [2.24, 2.45) is 4.99 Å². The molecular formula is C18H23F2N3O2S. The van der Waals surface area contributed by atoms with Gasteiger partial charge in [0.05, 0.1) is 13.7 Å². The molecule has 142 valence electrons. The van der Waals surface area contributed by atoms with Gasteiger partial charge >= 0.3 is 6.61 Å². The van der Waals surface area contributed by atoms with E-state index in [0.717, 1.165) is 5.56 Å². The minimum absolute atomic E-state index is 0.0377. The first kappa shape index (κ1) is 20.0. The average molecular weight is 383 g/mol. The van der Waals surface area contributed by atoms with Crippen LogP contribution < -0.4 is 20.1 Å². The summed E-state index contributed by atoms with van der Waals surface area (Å²) in [5.74, 6) is 1.01. The van der Waals surface area contributed by atoms with E-state index in [-0.39, 0.29) is 11.5 Å². The summed E-state index contributed by atoms with van der Waals surface area (Å²) in [6, 6.07) is 7.10. The molecule has 0 aliphatic rings. The third-order valence-electron chi connectivity index (χ3n) is 3.76. The van der Waals surface area contributed by atoms with Crippen molar-refractivity contribution in [3.63, 3.8) is 0 Å². The molecule has 2 aromatic rings. The third kappa shape index (κ3) is 5.87. The molecule has 1 aromatic heterocycles. The molecule has 26 heavy (non-hydrogen) atoms. The lowest BCUT2D eigenvalue weighted by molar-refractivity contribution is -0.0512. The van der Waals surface area contributed by atoms with Crippen LogP contribution >= 0.6 is 11.3 Å². The predicted octanol–water partition coefficient (Wildman–Crippen LogP) is 3.57. The number of thiophene rings is 1. The fourth-order valence-electron chi connectivity index (χ4n) is 2.36. The van der Waals surface area contributed by atoms with Crippen LogP contribution in [0.15, 0.2) is 34.6 Å². The number of aliphatic imine (C=N–C) groups is 1. The second-order valence-electron chi connectivity index (χ2n) is 5.49. The molecule has 0 fully saturated rings. The summed E-state index contributed by atoms with van der Waals surface area (Å²) < 4.78 is 34.5. The van der Waals surface area contributed by atoms with Gasteiger partial charge in [0.25, 0.3) is 0 Å². The fraction of sp³-hybridized carbons (Fsp3) is 0.389. The quantitative estimate of drug-likeness (QED) is 0.541. The van der Waals surface area contributed by atoms with Crippen LogP contribution in [0, 0.1) is 6.92 Å². The van der Waals surface area contributed by atoms with Gasteiger partial charge in [-0.05, 0) is 48.1 Å². The molecule has 5 nitrogen and oxygen atoms in total. The van der Waals surface area contributed by atoms with Gasteiger partial charge in [-0.1, -0.05) is 6.07 Å². The Morgan fingerprint density at radius 3 is 2.65 bits per heavy atom. The second kappa shape index (κ2) is 9.96. The minimum atomic E-state index is -2.89. The van der Waals surface area contributed by atoms with E-state index in [0.29, 0.717) is 25.5 Å². The lowest BCUT2D eigenvalue weighted by atomic mass is 10.1. The highest BCUT2D eigenvalue weighted by molar-refractivity contribution is 7.10. The van der Waals surface area contributed by atoms with Crippen LogP contribution in [0.25, 0.3) is 0 Å². The highest BCUT2D eigenvalue weighted by Crippen LogP contribution is 2.29.